The number of nitrogens with zero attached hydrogens (tertiary/aromatic N) is 8. The fourth-order valence-electron chi connectivity index (χ4n) is 16.3. The summed E-state index contributed by atoms with van der Waals surface area (Å²) in [5.41, 5.74) is 39.1. The Morgan fingerprint density at radius 1 is 0.312 bits per heavy atom. The summed E-state index contributed by atoms with van der Waals surface area (Å²) in [6.07, 6.45) is 10.5. The number of nitrogen functional groups attached to an aromatic ring is 4. The Morgan fingerprint density at radius 2 is 0.611 bits per heavy atom. The van der Waals surface area contributed by atoms with E-state index in [0.717, 1.165) is 71.8 Å². The van der Waals surface area contributed by atoms with Crippen LogP contribution in [0.1, 0.15) is 190 Å². The molecule has 0 saturated carbocycles. The molecule has 33 nitrogen and oxygen atoms in total. The third-order valence-electron chi connectivity index (χ3n) is 23.6. The molecule has 4 heterocycles. The zero-order valence-corrected chi connectivity index (χ0v) is 85.7. The van der Waals surface area contributed by atoms with Gasteiger partial charge in [-0.1, -0.05) is 186 Å². The number of methoxy groups -OCH3 is 14. The Labute approximate surface area is 846 Å². The van der Waals surface area contributed by atoms with Crippen molar-refractivity contribution in [3.63, 3.8) is 0 Å². The molecule has 0 bridgehead atoms. The first-order valence-corrected chi connectivity index (χ1v) is 46.3. The predicted molar refractivity (Wildman–Crippen MR) is 548 cm³/mol. The number of aromatic nitrogens is 8. The van der Waals surface area contributed by atoms with Gasteiger partial charge in [0.15, 0.2) is 69.1 Å². The Kier molecular flexibility index (Phi) is 44.8. The first kappa shape index (κ1) is 113. The number of hydrogen-bond acceptors (Lipinski definition) is 33. The number of benzene rings is 10. The molecule has 10 aromatic carbocycles. The standard InChI is InChI=1S/C24H28N2O5.C24H26N2O5.C22H24N4O3.C22H26N4O2.C18H20O3.Mn.H3N.2O/c2*1-15(11-16-9-7-6-8-10-16)17-12-20(28-2)21(29-3)13-18(17)22(27)19-14-25-24(31-5)26-23(19)30-4;1-13(9-14-7-5-4-6-8-14)15-10-18(28-2)19(29-3)11-16(15)20(27)17-12-25-22(24)26-21(17)23;1-14(9-15-7-5-4-6-8-15)18-12-20(28-3)19(27-2)11-16(18)10-17-13-25-22(24)26-21(17)23;1-13(9-14-7-5-4-6-8-14)16-11-18(21-3)17(20-2)10-15(16)12-19;;;;/h6-10,12-15,22,27H,11H2,1-5H3;6-10,12-15H,11H2,1-5H3;4-8,10-13H,9H2,1-3H3,(H4,23,24,25,26);4-8,11-14H,9-10H2,1-3H3,(H4,23,24,25,26);4-8,10-13H,9H2,1-3H3;;1H3;;. The van der Waals surface area contributed by atoms with Crippen LogP contribution in [0.15, 0.2) is 237 Å². The molecule has 0 saturated heterocycles. The zero-order valence-electron chi connectivity index (χ0n) is 84.5. The van der Waals surface area contributed by atoms with E-state index in [1.807, 2.05) is 109 Å². The third-order valence-corrected chi connectivity index (χ3v) is 23.6. The molecule has 0 radical (unpaired) electrons. The quantitative estimate of drug-likeness (QED) is 0.0119. The summed E-state index contributed by atoms with van der Waals surface area (Å²) in [7, 11) is 21.7. The van der Waals surface area contributed by atoms with Gasteiger partial charge < -0.3 is 101 Å². The van der Waals surface area contributed by atoms with Gasteiger partial charge in [0.2, 0.25) is 23.7 Å². The topological polar surface area (TPSA) is 477 Å². The van der Waals surface area contributed by atoms with Gasteiger partial charge in [-0.15, -0.1) is 0 Å². The Morgan fingerprint density at radius 3 is 0.979 bits per heavy atom. The summed E-state index contributed by atoms with van der Waals surface area (Å²) in [5.74, 6) is 6.90. The maximum absolute atomic E-state index is 13.6. The molecule has 6 atom stereocenters. The van der Waals surface area contributed by atoms with Crippen molar-refractivity contribution in [2.45, 2.75) is 109 Å². The van der Waals surface area contributed by atoms with Crippen molar-refractivity contribution in [3.8, 4) is 81.3 Å². The van der Waals surface area contributed by atoms with Gasteiger partial charge in [-0.2, -0.15) is 19.9 Å². The molecule has 12 N–H and O–H groups in total. The number of aliphatic hydroxyl groups is 1. The molecule has 0 aliphatic carbocycles. The minimum atomic E-state index is -1.44. The van der Waals surface area contributed by atoms with Crippen LogP contribution < -0.4 is 95.4 Å². The molecule has 759 valence electrons. The molecular weight excluding hydrogens is 1880 g/mol. The predicted octanol–water partition coefficient (Wildman–Crippen LogP) is 18.6. The summed E-state index contributed by atoms with van der Waals surface area (Å²) >= 11 is -1.44. The summed E-state index contributed by atoms with van der Waals surface area (Å²) in [6, 6.07) is 69.9. The molecule has 4 aromatic heterocycles. The SMILES string of the molecule is COc1cc(C(=O)c2cnc(N)nc2N)c(C(C)Cc2ccccc2)cc1OC.COc1cc(C=O)c(C(C)Cc2ccccc2)cc1OC.COc1cc(Cc2cnc(N)nc2N)c(C(C)Cc2ccccc2)cc1OC.COc1ncc(C(=O)c2cc(OC)c(OC)cc2C(C)Cc2ccccc2)c(OC)n1.COc1ncc(C(O)c2cc(OC)c(OC)cc2C(C)Cc2ccccc2)c(OC)n1.N.[O]=[Mn]=[O]. The van der Waals surface area contributed by atoms with Crippen LogP contribution in [-0.4, -0.2) is 162 Å². The molecule has 0 amide bonds. The normalized spacial score (nSPS) is 11.7. The Balaban J connectivity index is 0.000000219. The number of ketones is 2. The van der Waals surface area contributed by atoms with Crippen LogP contribution in [0.3, 0.4) is 0 Å². The number of anilines is 4. The van der Waals surface area contributed by atoms with Crippen LogP contribution in [0, 0.1) is 0 Å². The van der Waals surface area contributed by atoms with E-state index >= 15 is 0 Å². The van der Waals surface area contributed by atoms with E-state index in [1.54, 1.807) is 87.3 Å². The van der Waals surface area contributed by atoms with E-state index in [2.05, 4.69) is 153 Å². The van der Waals surface area contributed by atoms with Crippen LogP contribution >= 0.6 is 0 Å². The van der Waals surface area contributed by atoms with Crippen molar-refractivity contribution in [3.05, 3.63) is 343 Å². The van der Waals surface area contributed by atoms with E-state index in [-0.39, 0.29) is 99.9 Å². The van der Waals surface area contributed by atoms with Gasteiger partial charge in [0, 0.05) is 53.5 Å². The summed E-state index contributed by atoms with van der Waals surface area (Å²) in [6.45, 7) is 10.6. The second-order valence-corrected chi connectivity index (χ2v) is 33.0. The van der Waals surface area contributed by atoms with Crippen molar-refractivity contribution in [2.24, 2.45) is 0 Å². The maximum atomic E-state index is 13.6. The van der Waals surface area contributed by atoms with Crippen LogP contribution in [0.5, 0.6) is 81.3 Å². The van der Waals surface area contributed by atoms with Crippen molar-refractivity contribution < 1.29 is 108 Å². The number of aldehydes is 1. The average Bonchev–Trinajstić information content (AvgIpc) is 0.783. The second kappa shape index (κ2) is 57.0. The number of nitrogens with two attached hydrogens (primary N) is 4. The van der Waals surface area contributed by atoms with E-state index in [1.165, 1.54) is 94.6 Å². The molecule has 14 aromatic rings. The van der Waals surface area contributed by atoms with Gasteiger partial charge in [-0.25, -0.2) is 19.9 Å². The summed E-state index contributed by atoms with van der Waals surface area (Å²) in [4.78, 5) is 70.8. The van der Waals surface area contributed by atoms with Crippen LogP contribution in [0.25, 0.3) is 0 Å². The molecular formula is C110H127MnN13O20. The molecule has 144 heavy (non-hydrogen) atoms. The number of carbonyl (C=O) groups excluding carboxylic acids is 3. The van der Waals surface area contributed by atoms with Gasteiger partial charge >= 0.3 is 34.5 Å². The molecule has 0 aliphatic rings. The van der Waals surface area contributed by atoms with Crippen molar-refractivity contribution >= 4 is 41.4 Å². The number of ether oxygens (including phenoxy) is 14. The summed E-state index contributed by atoms with van der Waals surface area (Å²) in [5, 5.41) is 11.3. The molecule has 0 fully saturated rings. The number of carbonyl (C=O) groups is 3. The fourth-order valence-corrected chi connectivity index (χ4v) is 16.3. The number of rotatable bonds is 38. The number of hydrogen-bond donors (Lipinski definition) is 6. The van der Waals surface area contributed by atoms with Gasteiger partial charge in [0.25, 0.3) is 0 Å². The van der Waals surface area contributed by atoms with Gasteiger partial charge in [0.05, 0.1) is 111 Å². The summed E-state index contributed by atoms with van der Waals surface area (Å²) < 4.78 is 92.1. The van der Waals surface area contributed by atoms with E-state index in [0.29, 0.717) is 97.6 Å². The minimum absolute atomic E-state index is 0. The van der Waals surface area contributed by atoms with Crippen molar-refractivity contribution in [2.75, 3.05) is 122 Å². The van der Waals surface area contributed by atoms with E-state index in [4.69, 9.17) is 96.9 Å². The first-order chi connectivity index (χ1) is 69.1. The Hall–Kier alpha value is -16.0. The fraction of sp³-hybridized carbons (Fsp3) is 0.282. The zero-order chi connectivity index (χ0) is 104. The first-order valence-electron chi connectivity index (χ1n) is 45.3. The van der Waals surface area contributed by atoms with Crippen molar-refractivity contribution in [1.29, 1.82) is 0 Å². The molecule has 0 spiro atoms. The molecule has 6 unspecified atom stereocenters. The van der Waals surface area contributed by atoms with E-state index < -0.39 is 20.9 Å². The van der Waals surface area contributed by atoms with Gasteiger partial charge in [-0.3, -0.25) is 14.4 Å². The van der Waals surface area contributed by atoms with Crippen LogP contribution in [-0.2, 0) is 61.0 Å². The molecule has 0 aliphatic heterocycles. The Bertz CT molecular complexity index is 6540. The third kappa shape index (κ3) is 30.5. The van der Waals surface area contributed by atoms with Gasteiger partial charge in [-0.05, 0) is 189 Å². The van der Waals surface area contributed by atoms with Crippen LogP contribution in [0.4, 0.5) is 23.5 Å². The monoisotopic (exact) mass is 2000 g/mol. The van der Waals surface area contributed by atoms with E-state index in [9.17, 15) is 19.5 Å². The molecule has 34 heteroatoms. The van der Waals surface area contributed by atoms with Gasteiger partial charge in [0.1, 0.15) is 29.6 Å². The second-order valence-electron chi connectivity index (χ2n) is 32.8. The molecule has 14 rings (SSSR count). The van der Waals surface area contributed by atoms with Crippen LogP contribution in [0.2, 0.25) is 0 Å². The number of aliphatic hydroxyl groups excluding tert-OH is 1. The van der Waals surface area contributed by atoms with Crippen molar-refractivity contribution in [1.82, 2.24) is 46.0 Å². The average molecular weight is 2010 g/mol.